The maximum absolute atomic E-state index is 12.3. The van der Waals surface area contributed by atoms with Crippen molar-refractivity contribution in [2.24, 2.45) is 0 Å². The second-order valence-electron chi connectivity index (χ2n) is 5.87. The largest absolute Gasteiger partial charge is 0.457 e. The summed E-state index contributed by atoms with van der Waals surface area (Å²) in [6.45, 7) is 0.0413. The van der Waals surface area contributed by atoms with E-state index < -0.39 is 5.97 Å². The highest BCUT2D eigenvalue weighted by Crippen LogP contribution is 2.25. The van der Waals surface area contributed by atoms with Gasteiger partial charge in [-0.05, 0) is 59.1 Å². The van der Waals surface area contributed by atoms with Crippen molar-refractivity contribution in [3.63, 3.8) is 0 Å². The molecule has 2 heterocycles. The number of fused-ring (bicyclic) bond motifs is 1. The molecule has 2 aromatic carbocycles. The van der Waals surface area contributed by atoms with E-state index in [2.05, 4.69) is 20.5 Å². The fourth-order valence-electron chi connectivity index (χ4n) is 2.65. The highest BCUT2D eigenvalue weighted by Gasteiger charge is 2.11. The molecule has 0 saturated carbocycles. The SMILES string of the molecule is CSc1ccc2cc(COC(=O)c3ccc(-n4cnnn4)cc3)c(Cl)nc2c1. The number of thioether (sulfide) groups is 1. The molecule has 4 rings (SSSR count). The van der Waals surface area contributed by atoms with Crippen molar-refractivity contribution in [2.45, 2.75) is 11.5 Å². The standard InChI is InChI=1S/C19H14ClN5O2S/c1-28-16-7-4-13-8-14(18(20)22-17(13)9-16)10-27-19(26)12-2-5-15(6-3-12)25-11-21-23-24-25/h2-9,11H,10H2,1H3. The number of nitrogens with zero attached hydrogens (tertiary/aromatic N) is 5. The Labute approximate surface area is 169 Å². The summed E-state index contributed by atoms with van der Waals surface area (Å²) in [5, 5.41) is 12.2. The first-order valence-corrected chi connectivity index (χ1v) is 9.88. The summed E-state index contributed by atoms with van der Waals surface area (Å²) >= 11 is 7.92. The summed E-state index contributed by atoms with van der Waals surface area (Å²) < 4.78 is 6.90. The Morgan fingerprint density at radius 2 is 2.00 bits per heavy atom. The smallest absolute Gasteiger partial charge is 0.338 e. The topological polar surface area (TPSA) is 82.8 Å². The maximum Gasteiger partial charge on any atom is 0.338 e. The van der Waals surface area contributed by atoms with Crippen LogP contribution in [0.25, 0.3) is 16.6 Å². The van der Waals surface area contributed by atoms with Gasteiger partial charge in [-0.1, -0.05) is 17.7 Å². The number of esters is 1. The van der Waals surface area contributed by atoms with Crippen molar-refractivity contribution in [1.82, 2.24) is 25.2 Å². The van der Waals surface area contributed by atoms with Crippen molar-refractivity contribution in [2.75, 3.05) is 6.26 Å². The monoisotopic (exact) mass is 411 g/mol. The second kappa shape index (κ2) is 7.95. The molecule has 0 atom stereocenters. The van der Waals surface area contributed by atoms with Crippen LogP contribution in [0.5, 0.6) is 0 Å². The van der Waals surface area contributed by atoms with E-state index in [0.717, 1.165) is 21.5 Å². The normalized spacial score (nSPS) is 10.9. The average Bonchev–Trinajstić information content (AvgIpc) is 3.26. The summed E-state index contributed by atoms with van der Waals surface area (Å²) in [5.41, 5.74) is 2.63. The molecule has 0 aliphatic carbocycles. The number of aromatic nitrogens is 5. The van der Waals surface area contributed by atoms with Crippen LogP contribution >= 0.6 is 23.4 Å². The van der Waals surface area contributed by atoms with E-state index in [1.807, 2.05) is 30.5 Å². The quantitative estimate of drug-likeness (QED) is 0.279. The van der Waals surface area contributed by atoms with E-state index in [9.17, 15) is 4.79 Å². The van der Waals surface area contributed by atoms with E-state index >= 15 is 0 Å². The first-order valence-electron chi connectivity index (χ1n) is 8.28. The zero-order valence-electron chi connectivity index (χ0n) is 14.7. The lowest BCUT2D eigenvalue weighted by molar-refractivity contribution is 0.0472. The van der Waals surface area contributed by atoms with E-state index in [4.69, 9.17) is 16.3 Å². The Balaban J connectivity index is 1.47. The highest BCUT2D eigenvalue weighted by molar-refractivity contribution is 7.98. The van der Waals surface area contributed by atoms with E-state index in [-0.39, 0.29) is 6.61 Å². The molecule has 0 radical (unpaired) electrons. The van der Waals surface area contributed by atoms with Gasteiger partial charge in [-0.2, -0.15) is 0 Å². The number of tetrazole rings is 1. The fourth-order valence-corrected chi connectivity index (χ4v) is 3.29. The number of benzene rings is 2. The number of rotatable bonds is 5. The molecule has 0 saturated heterocycles. The molecule has 0 N–H and O–H groups in total. The third-order valence-electron chi connectivity index (χ3n) is 4.13. The molecule has 7 nitrogen and oxygen atoms in total. The van der Waals surface area contributed by atoms with E-state index in [1.165, 1.54) is 11.0 Å². The van der Waals surface area contributed by atoms with Gasteiger partial charge in [0, 0.05) is 15.8 Å². The number of hydrogen-bond acceptors (Lipinski definition) is 7. The molecule has 0 amide bonds. The first-order chi connectivity index (χ1) is 13.6. The van der Waals surface area contributed by atoms with Crippen LogP contribution in [0.15, 0.2) is 59.8 Å². The molecular formula is C19H14ClN5O2S. The average molecular weight is 412 g/mol. The molecule has 140 valence electrons. The summed E-state index contributed by atoms with van der Waals surface area (Å²) in [7, 11) is 0. The van der Waals surface area contributed by atoms with Crippen LogP contribution in [0.1, 0.15) is 15.9 Å². The third-order valence-corrected chi connectivity index (χ3v) is 5.18. The van der Waals surface area contributed by atoms with Crippen LogP contribution in [0.2, 0.25) is 5.15 Å². The van der Waals surface area contributed by atoms with Crippen LogP contribution in [-0.2, 0) is 11.3 Å². The molecule has 0 fully saturated rings. The van der Waals surface area contributed by atoms with Gasteiger partial charge in [0.15, 0.2) is 0 Å². The van der Waals surface area contributed by atoms with Crippen molar-refractivity contribution in [3.8, 4) is 5.69 Å². The number of halogens is 1. The molecule has 2 aromatic heterocycles. The predicted octanol–water partition coefficient (Wildman–Crippen LogP) is 3.94. The highest BCUT2D eigenvalue weighted by atomic mass is 35.5. The first kappa shape index (κ1) is 18.4. The van der Waals surface area contributed by atoms with Gasteiger partial charge in [-0.15, -0.1) is 16.9 Å². The maximum atomic E-state index is 12.3. The van der Waals surface area contributed by atoms with Crippen LogP contribution in [0, 0.1) is 0 Å². The summed E-state index contributed by atoms with van der Waals surface area (Å²) in [4.78, 5) is 17.9. The zero-order valence-corrected chi connectivity index (χ0v) is 16.3. The number of ether oxygens (including phenoxy) is 1. The van der Waals surface area contributed by atoms with Crippen molar-refractivity contribution < 1.29 is 9.53 Å². The number of carbonyl (C=O) groups is 1. The molecular weight excluding hydrogens is 398 g/mol. The van der Waals surface area contributed by atoms with E-state index in [0.29, 0.717) is 16.3 Å². The molecule has 0 aliphatic heterocycles. The molecule has 0 unspecified atom stereocenters. The Bertz CT molecular complexity index is 1130. The Kier molecular flexibility index (Phi) is 5.23. The van der Waals surface area contributed by atoms with Crippen LogP contribution < -0.4 is 0 Å². The lowest BCUT2D eigenvalue weighted by Crippen LogP contribution is -2.06. The minimum atomic E-state index is -0.447. The van der Waals surface area contributed by atoms with Crippen LogP contribution in [0.4, 0.5) is 0 Å². The van der Waals surface area contributed by atoms with Crippen LogP contribution in [-0.4, -0.2) is 37.4 Å². The van der Waals surface area contributed by atoms with Crippen molar-refractivity contribution >= 4 is 40.2 Å². The van der Waals surface area contributed by atoms with Crippen molar-refractivity contribution in [1.29, 1.82) is 0 Å². The van der Waals surface area contributed by atoms with Gasteiger partial charge in [0.25, 0.3) is 0 Å². The Morgan fingerprint density at radius 1 is 1.18 bits per heavy atom. The molecule has 0 spiro atoms. The predicted molar refractivity (Wildman–Crippen MR) is 107 cm³/mol. The van der Waals surface area contributed by atoms with Gasteiger partial charge in [-0.3, -0.25) is 0 Å². The minimum absolute atomic E-state index is 0.0413. The van der Waals surface area contributed by atoms with Gasteiger partial charge >= 0.3 is 5.97 Å². The van der Waals surface area contributed by atoms with Crippen molar-refractivity contribution in [3.05, 3.63) is 71.1 Å². The third kappa shape index (κ3) is 3.83. The molecule has 0 aliphatic rings. The summed E-state index contributed by atoms with van der Waals surface area (Å²) in [5.74, 6) is -0.447. The molecule has 4 aromatic rings. The number of carbonyl (C=O) groups excluding carboxylic acids is 1. The fraction of sp³-hybridized carbons (Fsp3) is 0.105. The molecule has 28 heavy (non-hydrogen) atoms. The zero-order chi connectivity index (χ0) is 19.5. The van der Waals surface area contributed by atoms with Crippen LogP contribution in [0.3, 0.4) is 0 Å². The minimum Gasteiger partial charge on any atom is -0.457 e. The van der Waals surface area contributed by atoms with Gasteiger partial charge in [0.1, 0.15) is 18.1 Å². The van der Waals surface area contributed by atoms with E-state index in [1.54, 1.807) is 36.0 Å². The lowest BCUT2D eigenvalue weighted by Gasteiger charge is -2.09. The number of pyridine rings is 1. The van der Waals surface area contributed by atoms with Gasteiger partial charge < -0.3 is 4.74 Å². The van der Waals surface area contributed by atoms with Gasteiger partial charge in [-0.25, -0.2) is 14.5 Å². The molecule has 0 bridgehead atoms. The van der Waals surface area contributed by atoms with Gasteiger partial charge in [0.2, 0.25) is 0 Å². The Hall–Kier alpha value is -2.97. The molecule has 9 heteroatoms. The number of hydrogen-bond donors (Lipinski definition) is 0. The summed E-state index contributed by atoms with van der Waals surface area (Å²) in [6, 6.07) is 14.7. The van der Waals surface area contributed by atoms with Gasteiger partial charge in [0.05, 0.1) is 16.8 Å². The lowest BCUT2D eigenvalue weighted by atomic mass is 10.1. The second-order valence-corrected chi connectivity index (χ2v) is 7.11. The summed E-state index contributed by atoms with van der Waals surface area (Å²) in [6.07, 6.45) is 3.48. The Morgan fingerprint density at radius 3 is 2.71 bits per heavy atom.